The molecule has 3 atom stereocenters. The summed E-state index contributed by atoms with van der Waals surface area (Å²) in [6.45, 7) is 9.51. The minimum Gasteiger partial charge on any atom is -0.142 e. The highest BCUT2D eigenvalue weighted by molar-refractivity contribution is 9.10. The minimum absolute atomic E-state index is 0.421. The molecule has 0 amide bonds. The fourth-order valence-electron chi connectivity index (χ4n) is 2.40. The number of hydrogen-bond donors (Lipinski definition) is 0. The molecule has 1 aromatic carbocycles. The highest BCUT2D eigenvalue weighted by Crippen LogP contribution is 2.52. The maximum atomic E-state index is 3.50. The Kier molecular flexibility index (Phi) is 4.77. The first-order chi connectivity index (χ1) is 8.38. The number of thioether (sulfide) groups is 2. The number of rotatable bonds is 1. The van der Waals surface area contributed by atoms with E-state index in [1.807, 2.05) is 0 Å². The molecule has 100 valence electrons. The van der Waals surface area contributed by atoms with Crippen LogP contribution < -0.4 is 0 Å². The van der Waals surface area contributed by atoms with Crippen LogP contribution in [0.4, 0.5) is 0 Å². The molecule has 3 heteroatoms. The van der Waals surface area contributed by atoms with E-state index in [9.17, 15) is 0 Å². The molecular weight excluding hydrogens is 324 g/mol. The minimum atomic E-state index is 0.421. The lowest BCUT2D eigenvalue weighted by atomic mass is 9.80. The van der Waals surface area contributed by atoms with Crippen molar-refractivity contribution in [1.29, 1.82) is 0 Å². The van der Waals surface area contributed by atoms with Crippen molar-refractivity contribution in [1.82, 2.24) is 0 Å². The zero-order valence-electron chi connectivity index (χ0n) is 11.4. The van der Waals surface area contributed by atoms with Crippen LogP contribution in [0, 0.1) is 11.3 Å². The SMILES string of the molecule is CC1SC(c2ccc(Br)cc2)SCC1C(C)(C)C. The second-order valence-electron chi connectivity index (χ2n) is 6.03. The lowest BCUT2D eigenvalue weighted by Crippen LogP contribution is -2.33. The molecule has 0 aliphatic carbocycles. The Labute approximate surface area is 128 Å². The van der Waals surface area contributed by atoms with E-state index in [1.165, 1.54) is 11.3 Å². The fraction of sp³-hybridized carbons (Fsp3) is 0.600. The molecular formula is C15H21BrS2. The first-order valence-electron chi connectivity index (χ1n) is 6.40. The van der Waals surface area contributed by atoms with Gasteiger partial charge in [-0.3, -0.25) is 0 Å². The van der Waals surface area contributed by atoms with Crippen LogP contribution in [0.3, 0.4) is 0 Å². The Hall–Kier alpha value is 0.400. The molecule has 0 spiro atoms. The van der Waals surface area contributed by atoms with Gasteiger partial charge in [0, 0.05) is 9.72 Å². The summed E-state index contributed by atoms with van der Waals surface area (Å²) in [5.41, 5.74) is 1.87. The molecule has 1 aromatic rings. The van der Waals surface area contributed by atoms with E-state index >= 15 is 0 Å². The van der Waals surface area contributed by atoms with Crippen molar-refractivity contribution in [2.75, 3.05) is 5.75 Å². The van der Waals surface area contributed by atoms with Crippen molar-refractivity contribution in [2.45, 2.75) is 37.5 Å². The third kappa shape index (κ3) is 3.49. The van der Waals surface area contributed by atoms with E-state index in [2.05, 4.69) is 91.4 Å². The van der Waals surface area contributed by atoms with Crippen LogP contribution >= 0.6 is 39.5 Å². The van der Waals surface area contributed by atoms with Gasteiger partial charge in [-0.25, -0.2) is 0 Å². The van der Waals surface area contributed by atoms with E-state index in [0.717, 1.165) is 15.6 Å². The number of halogens is 1. The average molecular weight is 345 g/mol. The van der Waals surface area contributed by atoms with Gasteiger partial charge in [0.1, 0.15) is 0 Å². The Morgan fingerprint density at radius 2 is 1.78 bits per heavy atom. The molecule has 18 heavy (non-hydrogen) atoms. The van der Waals surface area contributed by atoms with Crippen LogP contribution in [0.2, 0.25) is 0 Å². The summed E-state index contributed by atoms with van der Waals surface area (Å²) < 4.78 is 1.77. The van der Waals surface area contributed by atoms with Gasteiger partial charge in [-0.1, -0.05) is 55.8 Å². The van der Waals surface area contributed by atoms with Crippen molar-refractivity contribution >= 4 is 39.5 Å². The van der Waals surface area contributed by atoms with Crippen LogP contribution in [0.15, 0.2) is 28.7 Å². The smallest absolute Gasteiger partial charge is 0.0754 e. The van der Waals surface area contributed by atoms with Gasteiger partial charge in [-0.2, -0.15) is 0 Å². The Morgan fingerprint density at radius 3 is 2.28 bits per heavy atom. The molecule has 0 saturated carbocycles. The van der Waals surface area contributed by atoms with Crippen LogP contribution in [-0.2, 0) is 0 Å². The van der Waals surface area contributed by atoms with Gasteiger partial charge in [-0.15, -0.1) is 23.5 Å². The zero-order chi connectivity index (χ0) is 13.3. The second kappa shape index (κ2) is 5.80. The predicted octanol–water partition coefficient (Wildman–Crippen LogP) is 5.98. The summed E-state index contributed by atoms with van der Waals surface area (Å²) in [5.74, 6) is 2.08. The summed E-state index contributed by atoms with van der Waals surface area (Å²) in [5, 5.41) is 0.736. The molecule has 1 aliphatic rings. The maximum absolute atomic E-state index is 3.50. The fourth-order valence-corrected chi connectivity index (χ4v) is 6.79. The molecule has 0 bridgehead atoms. The van der Waals surface area contributed by atoms with E-state index in [0.29, 0.717) is 10.00 Å². The van der Waals surface area contributed by atoms with Crippen LogP contribution in [0.1, 0.15) is 37.8 Å². The zero-order valence-corrected chi connectivity index (χ0v) is 14.7. The van der Waals surface area contributed by atoms with E-state index in [-0.39, 0.29) is 0 Å². The molecule has 1 heterocycles. The van der Waals surface area contributed by atoms with Crippen molar-refractivity contribution in [3.63, 3.8) is 0 Å². The average Bonchev–Trinajstić information content (AvgIpc) is 2.28. The monoisotopic (exact) mass is 344 g/mol. The van der Waals surface area contributed by atoms with E-state index < -0.39 is 0 Å². The molecule has 0 radical (unpaired) electrons. The highest BCUT2D eigenvalue weighted by Gasteiger charge is 2.36. The summed E-state index contributed by atoms with van der Waals surface area (Å²) in [6, 6.07) is 8.80. The molecule has 1 saturated heterocycles. The second-order valence-corrected chi connectivity index (χ2v) is 9.87. The van der Waals surface area contributed by atoms with Crippen molar-refractivity contribution in [2.24, 2.45) is 11.3 Å². The van der Waals surface area contributed by atoms with Gasteiger partial charge < -0.3 is 0 Å². The van der Waals surface area contributed by atoms with Gasteiger partial charge in [-0.05, 0) is 34.8 Å². The topological polar surface area (TPSA) is 0 Å². The lowest BCUT2D eigenvalue weighted by Gasteiger charge is -2.41. The van der Waals surface area contributed by atoms with Gasteiger partial charge in [0.05, 0.1) is 4.58 Å². The molecule has 2 rings (SSSR count). The van der Waals surface area contributed by atoms with Crippen molar-refractivity contribution < 1.29 is 0 Å². The third-order valence-corrected chi connectivity index (χ3v) is 7.26. The predicted molar refractivity (Wildman–Crippen MR) is 89.3 cm³/mol. The summed E-state index contributed by atoms with van der Waals surface area (Å²) in [7, 11) is 0. The van der Waals surface area contributed by atoms with Gasteiger partial charge in [0.25, 0.3) is 0 Å². The van der Waals surface area contributed by atoms with Crippen molar-refractivity contribution in [3.05, 3.63) is 34.3 Å². The quantitative estimate of drug-likeness (QED) is 0.614. The standard InChI is InChI=1S/C15H21BrS2/c1-10-13(15(2,3)4)9-17-14(18-10)11-5-7-12(16)8-6-11/h5-8,10,13-14H,9H2,1-4H3. The van der Waals surface area contributed by atoms with Gasteiger partial charge in [0.15, 0.2) is 0 Å². The highest BCUT2D eigenvalue weighted by atomic mass is 79.9. The van der Waals surface area contributed by atoms with E-state index in [1.54, 1.807) is 0 Å². The lowest BCUT2D eigenvalue weighted by molar-refractivity contribution is 0.265. The summed E-state index contributed by atoms with van der Waals surface area (Å²) in [6.07, 6.45) is 0. The first-order valence-corrected chi connectivity index (χ1v) is 9.19. The summed E-state index contributed by atoms with van der Waals surface area (Å²) in [4.78, 5) is 0. The van der Waals surface area contributed by atoms with Gasteiger partial charge in [0.2, 0.25) is 0 Å². The van der Waals surface area contributed by atoms with Gasteiger partial charge >= 0.3 is 0 Å². The largest absolute Gasteiger partial charge is 0.142 e. The Bertz CT molecular complexity index is 394. The Balaban J connectivity index is 2.06. The van der Waals surface area contributed by atoms with Crippen LogP contribution in [0.5, 0.6) is 0 Å². The number of hydrogen-bond acceptors (Lipinski definition) is 2. The molecule has 1 aliphatic heterocycles. The molecule has 1 fully saturated rings. The van der Waals surface area contributed by atoms with E-state index in [4.69, 9.17) is 0 Å². The summed E-state index contributed by atoms with van der Waals surface area (Å²) >= 11 is 7.74. The molecule has 0 nitrogen and oxygen atoms in total. The molecule has 0 aromatic heterocycles. The Morgan fingerprint density at radius 1 is 1.17 bits per heavy atom. The van der Waals surface area contributed by atoms with Crippen molar-refractivity contribution in [3.8, 4) is 0 Å². The van der Waals surface area contributed by atoms with Crippen LogP contribution in [0.25, 0.3) is 0 Å². The first kappa shape index (κ1) is 14.8. The van der Waals surface area contributed by atoms with Crippen LogP contribution in [-0.4, -0.2) is 11.0 Å². The molecule has 3 unspecified atom stereocenters. The molecule has 0 N–H and O–H groups in total. The number of benzene rings is 1. The third-order valence-electron chi connectivity index (χ3n) is 3.59. The maximum Gasteiger partial charge on any atom is 0.0754 e. The normalized spacial score (nSPS) is 29.3.